The summed E-state index contributed by atoms with van der Waals surface area (Å²) in [6, 6.07) is 17.7. The van der Waals surface area contributed by atoms with Crippen LogP contribution in [0.3, 0.4) is 0 Å². The SMILES string of the molecule is NC(=O)CC(O)c1ccc(CC=Cc2ccccc2)cc1. The van der Waals surface area contributed by atoms with Gasteiger partial charge in [-0.25, -0.2) is 0 Å². The molecular formula is C18H19NO2. The predicted octanol–water partition coefficient (Wildman–Crippen LogP) is 2.85. The summed E-state index contributed by atoms with van der Waals surface area (Å²) in [6.45, 7) is 0. The van der Waals surface area contributed by atoms with Crippen LogP contribution >= 0.6 is 0 Å². The van der Waals surface area contributed by atoms with E-state index in [2.05, 4.69) is 24.3 Å². The van der Waals surface area contributed by atoms with Crippen LogP contribution in [0.1, 0.15) is 29.2 Å². The number of primary amides is 1. The van der Waals surface area contributed by atoms with Crippen LogP contribution in [0, 0.1) is 0 Å². The van der Waals surface area contributed by atoms with Crippen LogP contribution in [0.5, 0.6) is 0 Å². The van der Waals surface area contributed by atoms with Crippen LogP contribution in [0.15, 0.2) is 60.7 Å². The second-order valence-corrected chi connectivity index (χ2v) is 4.94. The first-order valence-corrected chi connectivity index (χ1v) is 6.92. The average Bonchev–Trinajstić information content (AvgIpc) is 2.48. The molecule has 0 aliphatic carbocycles. The molecule has 1 unspecified atom stereocenters. The van der Waals surface area contributed by atoms with Gasteiger partial charge in [-0.1, -0.05) is 66.7 Å². The standard InChI is InChI=1S/C18H19NO2/c19-18(21)13-17(20)16-11-9-15(10-12-16)8-4-7-14-5-2-1-3-6-14/h1-7,9-12,17,20H,8,13H2,(H2,19,21). The summed E-state index contributed by atoms with van der Waals surface area (Å²) in [4.78, 5) is 10.8. The maximum Gasteiger partial charge on any atom is 0.220 e. The molecule has 0 heterocycles. The first-order valence-electron chi connectivity index (χ1n) is 6.92. The minimum Gasteiger partial charge on any atom is -0.388 e. The van der Waals surface area contributed by atoms with Crippen molar-refractivity contribution < 1.29 is 9.90 Å². The monoisotopic (exact) mass is 281 g/mol. The Morgan fingerprint density at radius 2 is 1.76 bits per heavy atom. The van der Waals surface area contributed by atoms with Crippen molar-refractivity contribution in [2.45, 2.75) is 18.9 Å². The Hall–Kier alpha value is -2.39. The van der Waals surface area contributed by atoms with Gasteiger partial charge < -0.3 is 10.8 Å². The van der Waals surface area contributed by atoms with Gasteiger partial charge in [-0.05, 0) is 23.1 Å². The van der Waals surface area contributed by atoms with Crippen LogP contribution in [0.4, 0.5) is 0 Å². The number of carbonyl (C=O) groups is 1. The van der Waals surface area contributed by atoms with Crippen molar-refractivity contribution in [2.24, 2.45) is 5.73 Å². The van der Waals surface area contributed by atoms with E-state index in [-0.39, 0.29) is 6.42 Å². The molecule has 0 bridgehead atoms. The number of aliphatic hydroxyl groups is 1. The number of hydrogen-bond acceptors (Lipinski definition) is 2. The Morgan fingerprint density at radius 3 is 2.38 bits per heavy atom. The van der Waals surface area contributed by atoms with Gasteiger partial charge in [0.1, 0.15) is 0 Å². The summed E-state index contributed by atoms with van der Waals surface area (Å²) in [5.41, 5.74) is 8.11. The Kier molecular flexibility index (Phi) is 5.29. The van der Waals surface area contributed by atoms with Crippen molar-refractivity contribution in [2.75, 3.05) is 0 Å². The lowest BCUT2D eigenvalue weighted by Crippen LogP contribution is -2.14. The quantitative estimate of drug-likeness (QED) is 0.855. The minimum absolute atomic E-state index is 0.0484. The molecule has 1 amide bonds. The molecule has 0 saturated heterocycles. The van der Waals surface area contributed by atoms with E-state index >= 15 is 0 Å². The molecule has 0 aliphatic rings. The van der Waals surface area contributed by atoms with Gasteiger partial charge in [0.15, 0.2) is 0 Å². The third-order valence-electron chi connectivity index (χ3n) is 3.22. The molecular weight excluding hydrogens is 262 g/mol. The lowest BCUT2D eigenvalue weighted by Gasteiger charge is -2.09. The number of aliphatic hydroxyl groups excluding tert-OH is 1. The fourth-order valence-electron chi connectivity index (χ4n) is 2.08. The largest absolute Gasteiger partial charge is 0.388 e. The van der Waals surface area contributed by atoms with Crippen molar-refractivity contribution in [1.82, 2.24) is 0 Å². The molecule has 0 radical (unpaired) electrons. The third kappa shape index (κ3) is 4.89. The summed E-state index contributed by atoms with van der Waals surface area (Å²) in [5, 5.41) is 9.79. The van der Waals surface area contributed by atoms with Gasteiger partial charge in [-0.2, -0.15) is 0 Å². The smallest absolute Gasteiger partial charge is 0.220 e. The Balaban J connectivity index is 1.93. The van der Waals surface area contributed by atoms with Gasteiger partial charge in [0, 0.05) is 0 Å². The van der Waals surface area contributed by atoms with E-state index in [4.69, 9.17) is 5.73 Å². The van der Waals surface area contributed by atoms with Gasteiger partial charge >= 0.3 is 0 Å². The van der Waals surface area contributed by atoms with Crippen LogP contribution in [-0.2, 0) is 11.2 Å². The summed E-state index contributed by atoms with van der Waals surface area (Å²) in [7, 11) is 0. The highest BCUT2D eigenvalue weighted by molar-refractivity contribution is 5.74. The number of benzene rings is 2. The summed E-state index contributed by atoms with van der Waals surface area (Å²) in [5.74, 6) is -0.502. The molecule has 3 nitrogen and oxygen atoms in total. The van der Waals surface area contributed by atoms with E-state index in [9.17, 15) is 9.90 Å². The van der Waals surface area contributed by atoms with Gasteiger partial charge in [-0.15, -0.1) is 0 Å². The molecule has 3 heteroatoms. The normalized spacial score (nSPS) is 12.4. The molecule has 2 aromatic carbocycles. The van der Waals surface area contributed by atoms with Crippen molar-refractivity contribution in [3.63, 3.8) is 0 Å². The first kappa shape index (κ1) is 15.0. The maximum atomic E-state index is 10.8. The second-order valence-electron chi connectivity index (χ2n) is 4.94. The number of amides is 1. The van der Waals surface area contributed by atoms with Crippen LogP contribution < -0.4 is 5.73 Å². The highest BCUT2D eigenvalue weighted by Gasteiger charge is 2.10. The third-order valence-corrected chi connectivity index (χ3v) is 3.22. The molecule has 1 atom stereocenters. The van der Waals surface area contributed by atoms with Crippen molar-refractivity contribution in [3.05, 3.63) is 77.4 Å². The predicted molar refractivity (Wildman–Crippen MR) is 84.4 cm³/mol. The topological polar surface area (TPSA) is 63.3 Å². The molecule has 0 spiro atoms. The van der Waals surface area contributed by atoms with Crippen LogP contribution in [0.2, 0.25) is 0 Å². The number of allylic oxidation sites excluding steroid dienone is 1. The Morgan fingerprint density at radius 1 is 1.10 bits per heavy atom. The van der Waals surface area contributed by atoms with Crippen LogP contribution in [-0.4, -0.2) is 11.0 Å². The second kappa shape index (κ2) is 7.41. The van der Waals surface area contributed by atoms with E-state index in [1.807, 2.05) is 42.5 Å². The number of hydrogen-bond donors (Lipinski definition) is 2. The first-order chi connectivity index (χ1) is 10.1. The van der Waals surface area contributed by atoms with Crippen molar-refractivity contribution in [3.8, 4) is 0 Å². The molecule has 0 fully saturated rings. The molecule has 2 aromatic rings. The van der Waals surface area contributed by atoms with Crippen molar-refractivity contribution in [1.29, 1.82) is 0 Å². The summed E-state index contributed by atoms with van der Waals surface area (Å²) in [6.07, 6.45) is 4.13. The highest BCUT2D eigenvalue weighted by atomic mass is 16.3. The molecule has 0 aliphatic heterocycles. The summed E-state index contributed by atoms with van der Waals surface area (Å²) >= 11 is 0. The van der Waals surface area contributed by atoms with Gasteiger partial charge in [-0.3, -0.25) is 4.79 Å². The number of carbonyl (C=O) groups excluding carboxylic acids is 1. The molecule has 108 valence electrons. The number of rotatable bonds is 6. The van der Waals surface area contributed by atoms with E-state index in [1.54, 1.807) is 0 Å². The fraction of sp³-hybridized carbons (Fsp3) is 0.167. The fourth-order valence-corrected chi connectivity index (χ4v) is 2.08. The zero-order valence-corrected chi connectivity index (χ0v) is 11.8. The maximum absolute atomic E-state index is 10.8. The lowest BCUT2D eigenvalue weighted by molar-refractivity contribution is -0.119. The minimum atomic E-state index is -0.823. The van der Waals surface area contributed by atoms with E-state index in [0.29, 0.717) is 5.56 Å². The number of nitrogens with two attached hydrogens (primary N) is 1. The molecule has 0 saturated carbocycles. The van der Waals surface area contributed by atoms with Crippen LogP contribution in [0.25, 0.3) is 6.08 Å². The Bertz CT molecular complexity index is 603. The summed E-state index contributed by atoms with van der Waals surface area (Å²) < 4.78 is 0. The van der Waals surface area contributed by atoms with Crippen molar-refractivity contribution >= 4 is 12.0 Å². The molecule has 21 heavy (non-hydrogen) atoms. The van der Waals surface area contributed by atoms with Gasteiger partial charge in [0.05, 0.1) is 12.5 Å². The molecule has 3 N–H and O–H groups in total. The van der Waals surface area contributed by atoms with Gasteiger partial charge in [0.2, 0.25) is 5.91 Å². The molecule has 2 rings (SSSR count). The molecule has 0 aromatic heterocycles. The average molecular weight is 281 g/mol. The van der Waals surface area contributed by atoms with Gasteiger partial charge in [0.25, 0.3) is 0 Å². The lowest BCUT2D eigenvalue weighted by atomic mass is 10.0. The zero-order chi connectivity index (χ0) is 15.1. The van der Waals surface area contributed by atoms with E-state index < -0.39 is 12.0 Å². The zero-order valence-electron chi connectivity index (χ0n) is 11.8. The highest BCUT2D eigenvalue weighted by Crippen LogP contribution is 2.17. The van der Waals surface area contributed by atoms with E-state index in [0.717, 1.165) is 12.0 Å². The van der Waals surface area contributed by atoms with E-state index in [1.165, 1.54) is 5.56 Å². The Labute approximate surface area is 124 Å².